The van der Waals surface area contributed by atoms with Crippen molar-refractivity contribution in [2.24, 2.45) is 5.92 Å². The van der Waals surface area contributed by atoms with Gasteiger partial charge in [-0.2, -0.15) is 26.3 Å². The van der Waals surface area contributed by atoms with Crippen LogP contribution in [-0.4, -0.2) is 79.3 Å². The van der Waals surface area contributed by atoms with Gasteiger partial charge in [-0.15, -0.1) is 0 Å². The van der Waals surface area contributed by atoms with Crippen molar-refractivity contribution in [2.45, 2.75) is 50.7 Å². The van der Waals surface area contributed by atoms with Gasteiger partial charge >= 0.3 is 18.4 Å². The Balaban J connectivity index is 1.93. The molecule has 1 spiro atoms. The van der Waals surface area contributed by atoms with Gasteiger partial charge in [0.05, 0.1) is 12.2 Å². The van der Waals surface area contributed by atoms with Gasteiger partial charge in [-0.1, -0.05) is 13.8 Å². The lowest BCUT2D eigenvalue weighted by molar-refractivity contribution is -0.308. The number of hydrogen-bond donors (Lipinski definition) is 0. The fourth-order valence-electron chi connectivity index (χ4n) is 3.49. The summed E-state index contributed by atoms with van der Waals surface area (Å²) < 4.78 is 84.8. The van der Waals surface area contributed by atoms with E-state index >= 15 is 0 Å². The SMILES string of the molecule is CC(C)CN1CCOC2(CCN(C(=O)OC(C(F)(F)F)C(F)(F)F)CC2)C1. The van der Waals surface area contributed by atoms with Crippen LogP contribution in [0.4, 0.5) is 31.1 Å². The Hall–Kier alpha value is -1.23. The third-order valence-electron chi connectivity index (χ3n) is 4.70. The number of carbonyl (C=O) groups excluding carboxylic acids is 1. The molecule has 0 N–H and O–H groups in total. The second kappa shape index (κ2) is 8.02. The van der Waals surface area contributed by atoms with E-state index in [1.165, 1.54) is 0 Å². The van der Waals surface area contributed by atoms with Crippen molar-refractivity contribution in [3.05, 3.63) is 0 Å². The number of amides is 1. The van der Waals surface area contributed by atoms with Crippen molar-refractivity contribution in [2.75, 3.05) is 39.3 Å². The van der Waals surface area contributed by atoms with Gasteiger partial charge < -0.3 is 14.4 Å². The summed E-state index contributed by atoms with van der Waals surface area (Å²) >= 11 is 0. The van der Waals surface area contributed by atoms with Crippen LogP contribution >= 0.6 is 0 Å². The summed E-state index contributed by atoms with van der Waals surface area (Å²) in [5, 5.41) is 0. The van der Waals surface area contributed by atoms with Gasteiger partial charge in [0.2, 0.25) is 0 Å². The van der Waals surface area contributed by atoms with Crippen molar-refractivity contribution in [3.63, 3.8) is 0 Å². The molecule has 2 saturated heterocycles. The van der Waals surface area contributed by atoms with Crippen LogP contribution in [0.1, 0.15) is 26.7 Å². The van der Waals surface area contributed by atoms with E-state index in [9.17, 15) is 31.1 Å². The lowest BCUT2D eigenvalue weighted by atomic mass is 9.89. The maximum Gasteiger partial charge on any atom is 0.434 e. The van der Waals surface area contributed by atoms with Gasteiger partial charge in [-0.25, -0.2) is 4.79 Å². The highest BCUT2D eigenvalue weighted by Gasteiger charge is 2.60. The zero-order valence-electron chi connectivity index (χ0n) is 15.2. The molecule has 27 heavy (non-hydrogen) atoms. The Morgan fingerprint density at radius 3 is 2.11 bits per heavy atom. The van der Waals surface area contributed by atoms with Crippen molar-refractivity contribution in [1.82, 2.24) is 9.80 Å². The first-order valence-electron chi connectivity index (χ1n) is 8.78. The molecule has 158 valence electrons. The lowest BCUT2D eigenvalue weighted by Crippen LogP contribution is -2.58. The van der Waals surface area contributed by atoms with Crippen LogP contribution in [0.2, 0.25) is 0 Å². The van der Waals surface area contributed by atoms with Crippen molar-refractivity contribution >= 4 is 6.09 Å². The molecule has 0 aromatic carbocycles. The molecule has 2 aliphatic rings. The summed E-state index contributed by atoms with van der Waals surface area (Å²) in [7, 11) is 0. The number of ether oxygens (including phenoxy) is 2. The summed E-state index contributed by atoms with van der Waals surface area (Å²) in [5.41, 5.74) is -0.530. The highest BCUT2D eigenvalue weighted by Crippen LogP contribution is 2.37. The predicted molar refractivity (Wildman–Crippen MR) is 83.1 cm³/mol. The van der Waals surface area contributed by atoms with Crippen molar-refractivity contribution in [1.29, 1.82) is 0 Å². The molecular formula is C16H24F6N2O3. The average Bonchev–Trinajstić information content (AvgIpc) is 2.50. The number of rotatable bonds is 3. The van der Waals surface area contributed by atoms with E-state index < -0.39 is 30.2 Å². The Bertz CT molecular complexity index is 501. The number of piperidine rings is 1. The van der Waals surface area contributed by atoms with Gasteiger partial charge in [-0.3, -0.25) is 4.90 Å². The standard InChI is InChI=1S/C16H24F6N2O3/c1-11(2)9-23-7-8-26-14(10-23)3-5-24(6-4-14)13(25)27-12(15(17,18)19)16(20,21)22/h11-12H,3-10H2,1-2H3. The summed E-state index contributed by atoms with van der Waals surface area (Å²) in [5.74, 6) is 0.455. The largest absolute Gasteiger partial charge is 0.434 e. The van der Waals surface area contributed by atoms with Gasteiger partial charge in [0.25, 0.3) is 6.10 Å². The van der Waals surface area contributed by atoms with E-state index in [4.69, 9.17) is 4.74 Å². The first-order valence-corrected chi connectivity index (χ1v) is 8.78. The molecule has 0 radical (unpaired) electrons. The number of morpholine rings is 1. The Morgan fingerprint density at radius 2 is 1.63 bits per heavy atom. The number of carbonyl (C=O) groups is 1. The fraction of sp³-hybridized carbons (Fsp3) is 0.938. The molecule has 0 aliphatic carbocycles. The minimum atomic E-state index is -5.71. The number of nitrogens with zero attached hydrogens (tertiary/aromatic N) is 2. The highest BCUT2D eigenvalue weighted by atomic mass is 19.4. The number of likely N-dealkylation sites (tertiary alicyclic amines) is 1. The molecule has 1 amide bonds. The zero-order valence-corrected chi connectivity index (χ0v) is 15.2. The van der Waals surface area contributed by atoms with Crippen LogP contribution in [0, 0.1) is 5.92 Å². The molecule has 0 aromatic rings. The van der Waals surface area contributed by atoms with Crippen LogP contribution in [0.15, 0.2) is 0 Å². The smallest absolute Gasteiger partial charge is 0.426 e. The second-order valence-electron chi connectivity index (χ2n) is 7.49. The Kier molecular flexibility index (Phi) is 6.55. The molecule has 0 atom stereocenters. The van der Waals surface area contributed by atoms with E-state index in [0.29, 0.717) is 31.9 Å². The quantitative estimate of drug-likeness (QED) is 0.674. The molecular weight excluding hydrogens is 382 g/mol. The number of hydrogen-bond acceptors (Lipinski definition) is 4. The Morgan fingerprint density at radius 1 is 1.07 bits per heavy atom. The number of alkyl halides is 6. The molecule has 0 unspecified atom stereocenters. The fourth-order valence-corrected chi connectivity index (χ4v) is 3.49. The maximum atomic E-state index is 12.5. The molecule has 2 aliphatic heterocycles. The molecule has 2 fully saturated rings. The summed E-state index contributed by atoms with van der Waals surface area (Å²) in [4.78, 5) is 14.9. The molecule has 5 nitrogen and oxygen atoms in total. The van der Waals surface area contributed by atoms with Crippen molar-refractivity contribution in [3.8, 4) is 0 Å². The van der Waals surface area contributed by atoms with Gasteiger partial charge in [0.1, 0.15) is 0 Å². The van der Waals surface area contributed by atoms with E-state index in [0.717, 1.165) is 18.0 Å². The Labute approximate surface area is 153 Å². The lowest BCUT2D eigenvalue weighted by Gasteiger charge is -2.47. The summed E-state index contributed by atoms with van der Waals surface area (Å²) in [6.45, 7) is 6.90. The molecule has 0 saturated carbocycles. The molecule has 0 aromatic heterocycles. The van der Waals surface area contributed by atoms with Gasteiger partial charge in [-0.05, 0) is 18.8 Å². The zero-order chi connectivity index (χ0) is 20.5. The van der Waals surface area contributed by atoms with Crippen LogP contribution in [0.5, 0.6) is 0 Å². The molecule has 2 heterocycles. The van der Waals surface area contributed by atoms with Crippen LogP contribution in [0.25, 0.3) is 0 Å². The third-order valence-corrected chi connectivity index (χ3v) is 4.70. The molecule has 0 bridgehead atoms. The minimum Gasteiger partial charge on any atom is -0.426 e. The van der Waals surface area contributed by atoms with E-state index in [-0.39, 0.29) is 13.1 Å². The number of halogens is 6. The maximum absolute atomic E-state index is 12.5. The molecule has 2 rings (SSSR count). The molecule has 11 heteroatoms. The average molecular weight is 406 g/mol. The van der Waals surface area contributed by atoms with Gasteiger partial charge in [0, 0.05) is 32.7 Å². The summed E-state index contributed by atoms with van der Waals surface area (Å²) in [6.07, 6.45) is -16.5. The summed E-state index contributed by atoms with van der Waals surface area (Å²) in [6, 6.07) is 0. The van der Waals surface area contributed by atoms with Crippen LogP contribution in [-0.2, 0) is 9.47 Å². The van der Waals surface area contributed by atoms with E-state index in [1.54, 1.807) is 0 Å². The van der Waals surface area contributed by atoms with Crippen LogP contribution in [0.3, 0.4) is 0 Å². The van der Waals surface area contributed by atoms with E-state index in [1.807, 2.05) is 0 Å². The van der Waals surface area contributed by atoms with E-state index in [2.05, 4.69) is 23.5 Å². The first kappa shape index (κ1) is 22.1. The monoisotopic (exact) mass is 406 g/mol. The third kappa shape index (κ3) is 5.87. The normalized spacial score (nSPS) is 21.9. The predicted octanol–water partition coefficient (Wildman–Crippen LogP) is 3.44. The van der Waals surface area contributed by atoms with Gasteiger partial charge in [0.15, 0.2) is 0 Å². The topological polar surface area (TPSA) is 42.0 Å². The highest BCUT2D eigenvalue weighted by molar-refractivity contribution is 5.68. The minimum absolute atomic E-state index is 0.0171. The first-order chi connectivity index (χ1) is 12.3. The second-order valence-corrected chi connectivity index (χ2v) is 7.49. The van der Waals surface area contributed by atoms with Crippen LogP contribution < -0.4 is 0 Å². The van der Waals surface area contributed by atoms with Crippen molar-refractivity contribution < 1.29 is 40.6 Å².